The Labute approximate surface area is 132 Å². The quantitative estimate of drug-likeness (QED) is 0.818. The topological polar surface area (TPSA) is 66.4 Å². The van der Waals surface area contributed by atoms with E-state index in [9.17, 15) is 14.7 Å². The molecular weight excluding hydrogens is 334 g/mol. The highest BCUT2D eigenvalue weighted by Gasteiger charge is 2.31. The number of hydrogen-bond acceptors (Lipinski definition) is 2. The van der Waals surface area contributed by atoms with Gasteiger partial charge in [0.2, 0.25) is 5.91 Å². The first kappa shape index (κ1) is 15.8. The summed E-state index contributed by atoms with van der Waals surface area (Å²) in [6.45, 7) is 0. The second-order valence-electron chi connectivity index (χ2n) is 5.23. The van der Waals surface area contributed by atoms with Gasteiger partial charge in [-0.3, -0.25) is 9.59 Å². The number of benzene rings is 1. The lowest BCUT2D eigenvalue weighted by atomic mass is 9.84. The lowest BCUT2D eigenvalue weighted by Gasteiger charge is -2.28. The summed E-state index contributed by atoms with van der Waals surface area (Å²) in [5.74, 6) is -1.54. The predicted molar refractivity (Wildman–Crippen MR) is 84.7 cm³/mol. The van der Waals surface area contributed by atoms with Crippen molar-refractivity contribution in [1.82, 2.24) is 5.32 Å². The Balaban J connectivity index is 1.95. The summed E-state index contributed by atoms with van der Waals surface area (Å²) >= 11 is 3.37. The van der Waals surface area contributed by atoms with Crippen LogP contribution in [0.15, 0.2) is 34.8 Å². The molecule has 2 unspecified atom stereocenters. The Hall–Kier alpha value is -1.62. The molecule has 2 N–H and O–H groups in total. The number of nitrogens with one attached hydrogen (secondary N) is 1. The zero-order valence-corrected chi connectivity index (χ0v) is 13.2. The molecule has 21 heavy (non-hydrogen) atoms. The van der Waals surface area contributed by atoms with E-state index in [1.54, 1.807) is 6.08 Å². The molecule has 0 saturated heterocycles. The van der Waals surface area contributed by atoms with Crippen molar-refractivity contribution in [3.63, 3.8) is 0 Å². The molecule has 1 aliphatic carbocycles. The Morgan fingerprint density at radius 2 is 2.05 bits per heavy atom. The van der Waals surface area contributed by atoms with E-state index in [1.165, 1.54) is 6.08 Å². The van der Waals surface area contributed by atoms with Crippen LogP contribution >= 0.6 is 15.9 Å². The highest BCUT2D eigenvalue weighted by molar-refractivity contribution is 9.10. The van der Waals surface area contributed by atoms with Crippen molar-refractivity contribution in [2.24, 2.45) is 5.92 Å². The van der Waals surface area contributed by atoms with Crippen molar-refractivity contribution in [2.45, 2.75) is 31.7 Å². The standard InChI is InChI=1S/C16H18BrNO3/c17-12-5-3-4-11(10-12)8-9-15(19)18-14-7-2-1-6-13(14)16(20)21/h3-5,8-10,13-14H,1-2,6-7H2,(H,18,19)(H,20,21). The predicted octanol–water partition coefficient (Wildman–Crippen LogP) is 3.22. The summed E-state index contributed by atoms with van der Waals surface area (Å²) in [4.78, 5) is 23.1. The third-order valence-electron chi connectivity index (χ3n) is 3.69. The van der Waals surface area contributed by atoms with E-state index >= 15 is 0 Å². The molecule has 1 aromatic rings. The van der Waals surface area contributed by atoms with E-state index in [-0.39, 0.29) is 11.9 Å². The van der Waals surface area contributed by atoms with E-state index in [1.807, 2.05) is 24.3 Å². The Kier molecular flexibility index (Phi) is 5.56. The van der Waals surface area contributed by atoms with Crippen LogP contribution in [0.1, 0.15) is 31.2 Å². The number of amides is 1. The van der Waals surface area contributed by atoms with Crippen molar-refractivity contribution in [2.75, 3.05) is 0 Å². The highest BCUT2D eigenvalue weighted by atomic mass is 79.9. The van der Waals surface area contributed by atoms with E-state index in [4.69, 9.17) is 0 Å². The van der Waals surface area contributed by atoms with E-state index in [0.717, 1.165) is 29.3 Å². The maximum Gasteiger partial charge on any atom is 0.308 e. The Morgan fingerprint density at radius 3 is 2.76 bits per heavy atom. The molecular formula is C16H18BrNO3. The van der Waals surface area contributed by atoms with E-state index in [0.29, 0.717) is 6.42 Å². The number of carboxylic acids is 1. The zero-order valence-electron chi connectivity index (χ0n) is 11.6. The molecule has 1 aliphatic rings. The van der Waals surface area contributed by atoms with Gasteiger partial charge in [-0.1, -0.05) is 40.9 Å². The van der Waals surface area contributed by atoms with Crippen LogP contribution in [-0.4, -0.2) is 23.0 Å². The average Bonchev–Trinajstić information content (AvgIpc) is 2.45. The summed E-state index contributed by atoms with van der Waals surface area (Å²) in [6, 6.07) is 7.34. The summed E-state index contributed by atoms with van der Waals surface area (Å²) in [5.41, 5.74) is 0.915. The third-order valence-corrected chi connectivity index (χ3v) is 4.18. The fourth-order valence-electron chi connectivity index (χ4n) is 2.61. The summed E-state index contributed by atoms with van der Waals surface area (Å²) in [5, 5.41) is 12.0. The van der Waals surface area contributed by atoms with Crippen LogP contribution < -0.4 is 5.32 Å². The van der Waals surface area contributed by atoms with Gasteiger partial charge in [0, 0.05) is 16.6 Å². The number of carbonyl (C=O) groups is 2. The molecule has 1 saturated carbocycles. The van der Waals surface area contributed by atoms with Gasteiger partial charge in [-0.05, 0) is 36.6 Å². The largest absolute Gasteiger partial charge is 0.481 e. The fraction of sp³-hybridized carbons (Fsp3) is 0.375. The lowest BCUT2D eigenvalue weighted by molar-refractivity contribution is -0.144. The molecule has 112 valence electrons. The molecule has 0 aliphatic heterocycles. The van der Waals surface area contributed by atoms with Gasteiger partial charge in [-0.2, -0.15) is 0 Å². The van der Waals surface area contributed by atoms with Gasteiger partial charge < -0.3 is 10.4 Å². The lowest BCUT2D eigenvalue weighted by Crippen LogP contribution is -2.44. The molecule has 4 nitrogen and oxygen atoms in total. The zero-order chi connectivity index (χ0) is 15.2. The summed E-state index contributed by atoms with van der Waals surface area (Å²) in [6.07, 6.45) is 6.42. The molecule has 0 bridgehead atoms. The molecule has 0 heterocycles. The average molecular weight is 352 g/mol. The fourth-order valence-corrected chi connectivity index (χ4v) is 3.03. The minimum atomic E-state index is -0.823. The number of hydrogen-bond donors (Lipinski definition) is 2. The normalized spacial score (nSPS) is 22.1. The first-order valence-corrected chi connectivity index (χ1v) is 7.82. The first-order chi connectivity index (χ1) is 10.1. The Morgan fingerprint density at radius 1 is 1.29 bits per heavy atom. The number of aliphatic carboxylic acids is 1. The number of carboxylic acid groups (broad SMARTS) is 1. The maximum absolute atomic E-state index is 11.9. The van der Waals surface area contributed by atoms with Crippen LogP contribution in [0, 0.1) is 5.92 Å². The van der Waals surface area contributed by atoms with Crippen molar-refractivity contribution in [3.05, 3.63) is 40.4 Å². The molecule has 2 rings (SSSR count). The molecule has 0 aromatic heterocycles. The molecule has 1 amide bonds. The summed E-state index contributed by atoms with van der Waals surface area (Å²) < 4.78 is 0.947. The highest BCUT2D eigenvalue weighted by Crippen LogP contribution is 2.24. The van der Waals surface area contributed by atoms with Crippen LogP contribution in [0.2, 0.25) is 0 Å². The molecule has 5 heteroatoms. The minimum Gasteiger partial charge on any atom is -0.481 e. The Bertz CT molecular complexity index is 556. The number of halogens is 1. The van der Waals surface area contributed by atoms with Crippen molar-refractivity contribution in [1.29, 1.82) is 0 Å². The molecule has 1 fully saturated rings. The van der Waals surface area contributed by atoms with E-state index in [2.05, 4.69) is 21.2 Å². The second kappa shape index (κ2) is 7.41. The second-order valence-corrected chi connectivity index (χ2v) is 6.15. The van der Waals surface area contributed by atoms with Crippen LogP contribution in [0.4, 0.5) is 0 Å². The van der Waals surface area contributed by atoms with E-state index < -0.39 is 11.9 Å². The number of carbonyl (C=O) groups excluding carboxylic acids is 1. The minimum absolute atomic E-state index is 0.242. The van der Waals surface area contributed by atoms with Gasteiger partial charge in [0.1, 0.15) is 0 Å². The van der Waals surface area contributed by atoms with Crippen molar-refractivity contribution < 1.29 is 14.7 Å². The molecule has 1 aromatic carbocycles. The van der Waals surface area contributed by atoms with Gasteiger partial charge in [0.15, 0.2) is 0 Å². The number of rotatable bonds is 4. The molecule has 0 spiro atoms. The smallest absolute Gasteiger partial charge is 0.308 e. The van der Waals surface area contributed by atoms with Crippen molar-refractivity contribution in [3.8, 4) is 0 Å². The van der Waals surface area contributed by atoms with Gasteiger partial charge in [-0.25, -0.2) is 0 Å². The monoisotopic (exact) mass is 351 g/mol. The first-order valence-electron chi connectivity index (χ1n) is 7.03. The maximum atomic E-state index is 11.9. The molecule has 2 atom stereocenters. The van der Waals surface area contributed by atoms with Gasteiger partial charge in [-0.15, -0.1) is 0 Å². The SMILES string of the molecule is O=C(C=Cc1cccc(Br)c1)NC1CCCCC1C(=O)O. The molecule has 0 radical (unpaired) electrons. The third kappa shape index (κ3) is 4.70. The van der Waals surface area contributed by atoms with Crippen LogP contribution in [0.5, 0.6) is 0 Å². The van der Waals surface area contributed by atoms with Gasteiger partial charge >= 0.3 is 5.97 Å². The van der Waals surface area contributed by atoms with Gasteiger partial charge in [0.25, 0.3) is 0 Å². The van der Waals surface area contributed by atoms with Crippen molar-refractivity contribution >= 4 is 33.9 Å². The van der Waals surface area contributed by atoms with Gasteiger partial charge in [0.05, 0.1) is 5.92 Å². The van der Waals surface area contributed by atoms with Crippen LogP contribution in [0.25, 0.3) is 6.08 Å². The van der Waals surface area contributed by atoms with Crippen LogP contribution in [0.3, 0.4) is 0 Å². The van der Waals surface area contributed by atoms with Crippen LogP contribution in [-0.2, 0) is 9.59 Å². The summed E-state index contributed by atoms with van der Waals surface area (Å²) in [7, 11) is 0.